The van der Waals surface area contributed by atoms with E-state index in [0.29, 0.717) is 0 Å². The summed E-state index contributed by atoms with van der Waals surface area (Å²) in [5, 5.41) is 16.8. The lowest BCUT2D eigenvalue weighted by Crippen LogP contribution is -2.31. The molecule has 0 spiro atoms. The summed E-state index contributed by atoms with van der Waals surface area (Å²) in [7, 11) is 0. The summed E-state index contributed by atoms with van der Waals surface area (Å²) in [6.45, 7) is 11.6. The molecule has 0 fully saturated rings. The van der Waals surface area contributed by atoms with Crippen LogP contribution in [0.15, 0.2) is 10.5 Å². The molecule has 0 saturated carbocycles. The summed E-state index contributed by atoms with van der Waals surface area (Å²) in [6, 6.07) is 0. The van der Waals surface area contributed by atoms with Gasteiger partial charge in [0.2, 0.25) is 11.8 Å². The van der Waals surface area contributed by atoms with Gasteiger partial charge in [-0.15, -0.1) is 11.3 Å². The molecule has 1 rings (SSSR count). The van der Waals surface area contributed by atoms with Crippen LogP contribution >= 0.6 is 11.3 Å². The SMILES string of the molecule is CC(ON=C(C(=O)O)c1csc(NC(=O)OC(C)(C)C)n1)C(=O)OC(C)(C)C. The molecule has 0 aliphatic heterocycles. The Kier molecular flexibility index (Phi) is 7.51. The van der Waals surface area contributed by atoms with Gasteiger partial charge in [-0.25, -0.2) is 19.4 Å². The zero-order valence-electron chi connectivity index (χ0n) is 16.9. The Morgan fingerprint density at radius 2 is 1.71 bits per heavy atom. The van der Waals surface area contributed by atoms with Crippen LogP contribution in [0.25, 0.3) is 0 Å². The molecule has 1 aromatic rings. The Balaban J connectivity index is 2.85. The van der Waals surface area contributed by atoms with E-state index >= 15 is 0 Å². The van der Waals surface area contributed by atoms with Crippen LogP contribution < -0.4 is 5.32 Å². The summed E-state index contributed by atoms with van der Waals surface area (Å²) in [5.74, 6) is -2.10. The molecule has 1 amide bonds. The third-order valence-corrected chi connectivity index (χ3v) is 3.36. The lowest BCUT2D eigenvalue weighted by molar-refractivity contribution is -0.167. The van der Waals surface area contributed by atoms with Gasteiger partial charge in [0.05, 0.1) is 0 Å². The molecular formula is C17H25N3O7S. The normalized spacial score (nSPS) is 13.5. The van der Waals surface area contributed by atoms with Gasteiger partial charge in [-0.2, -0.15) is 0 Å². The van der Waals surface area contributed by atoms with Crippen molar-refractivity contribution in [1.82, 2.24) is 4.98 Å². The fourth-order valence-corrected chi connectivity index (χ4v) is 2.27. The van der Waals surface area contributed by atoms with Crippen LogP contribution in [0.2, 0.25) is 0 Å². The Labute approximate surface area is 166 Å². The third kappa shape index (κ3) is 8.33. The minimum Gasteiger partial charge on any atom is -0.476 e. The second kappa shape index (κ2) is 9.00. The van der Waals surface area contributed by atoms with E-state index < -0.39 is 41.0 Å². The number of nitrogens with one attached hydrogen (secondary N) is 1. The molecule has 0 aromatic carbocycles. The maximum absolute atomic E-state index is 11.9. The molecule has 1 atom stereocenters. The first-order valence-electron chi connectivity index (χ1n) is 8.34. The predicted octanol–water partition coefficient (Wildman–Crippen LogP) is 3.03. The molecule has 156 valence electrons. The Bertz CT molecular complexity index is 760. The highest BCUT2D eigenvalue weighted by molar-refractivity contribution is 7.14. The number of hydrogen-bond acceptors (Lipinski definition) is 9. The fraction of sp³-hybridized carbons (Fsp3) is 0.588. The van der Waals surface area contributed by atoms with Crippen molar-refractivity contribution in [3.8, 4) is 0 Å². The average Bonchev–Trinajstić information content (AvgIpc) is 2.90. The Morgan fingerprint density at radius 3 is 2.21 bits per heavy atom. The van der Waals surface area contributed by atoms with E-state index in [-0.39, 0.29) is 10.8 Å². The van der Waals surface area contributed by atoms with Crippen molar-refractivity contribution in [2.75, 3.05) is 5.32 Å². The summed E-state index contributed by atoms with van der Waals surface area (Å²) in [6.07, 6.45) is -1.84. The van der Waals surface area contributed by atoms with Gasteiger partial charge in [0.25, 0.3) is 0 Å². The first kappa shape index (κ1) is 23.3. The van der Waals surface area contributed by atoms with Crippen LogP contribution in [0.1, 0.15) is 54.2 Å². The maximum atomic E-state index is 11.9. The van der Waals surface area contributed by atoms with Crippen LogP contribution in [0.5, 0.6) is 0 Å². The van der Waals surface area contributed by atoms with Crippen molar-refractivity contribution >= 4 is 40.2 Å². The van der Waals surface area contributed by atoms with Gasteiger partial charge in [0.15, 0.2) is 5.13 Å². The predicted molar refractivity (Wildman–Crippen MR) is 103 cm³/mol. The largest absolute Gasteiger partial charge is 0.476 e. The number of ether oxygens (including phenoxy) is 2. The van der Waals surface area contributed by atoms with E-state index in [2.05, 4.69) is 15.5 Å². The number of oxime groups is 1. The number of aliphatic carboxylic acids is 1. The highest BCUT2D eigenvalue weighted by atomic mass is 32.1. The van der Waals surface area contributed by atoms with Crippen molar-refractivity contribution in [2.24, 2.45) is 5.16 Å². The van der Waals surface area contributed by atoms with E-state index in [0.717, 1.165) is 11.3 Å². The number of carboxylic acid groups (broad SMARTS) is 1. The number of rotatable bonds is 6. The smallest absolute Gasteiger partial charge is 0.413 e. The van der Waals surface area contributed by atoms with Crippen LogP contribution in [0, 0.1) is 0 Å². The van der Waals surface area contributed by atoms with E-state index in [1.807, 2.05) is 0 Å². The Morgan fingerprint density at radius 1 is 1.14 bits per heavy atom. The Hall–Kier alpha value is -2.69. The van der Waals surface area contributed by atoms with Crippen molar-refractivity contribution < 1.29 is 33.8 Å². The zero-order chi connectivity index (χ0) is 21.7. The molecule has 0 aliphatic rings. The monoisotopic (exact) mass is 415 g/mol. The summed E-state index contributed by atoms with van der Waals surface area (Å²) in [5.41, 5.74) is -1.97. The molecule has 0 bridgehead atoms. The van der Waals surface area contributed by atoms with Crippen molar-refractivity contribution in [3.63, 3.8) is 0 Å². The topological polar surface area (TPSA) is 136 Å². The minimum atomic E-state index is -1.41. The third-order valence-electron chi connectivity index (χ3n) is 2.60. The number of carbonyl (C=O) groups is 3. The van der Waals surface area contributed by atoms with Crippen LogP contribution in [-0.2, 0) is 23.9 Å². The number of nitrogens with zero attached hydrogens (tertiary/aromatic N) is 2. The van der Waals surface area contributed by atoms with Gasteiger partial charge in [0.1, 0.15) is 16.9 Å². The van der Waals surface area contributed by atoms with Crippen LogP contribution in [0.3, 0.4) is 0 Å². The molecular weight excluding hydrogens is 390 g/mol. The van der Waals surface area contributed by atoms with E-state index in [4.69, 9.17) is 14.3 Å². The van der Waals surface area contributed by atoms with Gasteiger partial charge in [0, 0.05) is 5.38 Å². The first-order chi connectivity index (χ1) is 12.7. The minimum absolute atomic E-state index is 0.0417. The van der Waals surface area contributed by atoms with Gasteiger partial charge < -0.3 is 19.4 Å². The lowest BCUT2D eigenvalue weighted by atomic mass is 10.2. The van der Waals surface area contributed by atoms with Crippen LogP contribution in [0.4, 0.5) is 9.93 Å². The fourth-order valence-electron chi connectivity index (χ4n) is 1.59. The molecule has 1 aromatic heterocycles. The number of aromatic nitrogens is 1. The molecule has 2 N–H and O–H groups in total. The molecule has 28 heavy (non-hydrogen) atoms. The van der Waals surface area contributed by atoms with Crippen molar-refractivity contribution in [3.05, 3.63) is 11.1 Å². The highest BCUT2D eigenvalue weighted by Crippen LogP contribution is 2.18. The van der Waals surface area contributed by atoms with E-state index in [9.17, 15) is 19.5 Å². The summed E-state index contributed by atoms with van der Waals surface area (Å²) >= 11 is 0.984. The second-order valence-corrected chi connectivity index (χ2v) is 8.55. The quantitative estimate of drug-likeness (QED) is 0.411. The molecule has 10 nitrogen and oxygen atoms in total. The molecule has 0 aliphatic carbocycles. The number of esters is 1. The second-order valence-electron chi connectivity index (χ2n) is 7.69. The number of carboxylic acids is 1. The standard InChI is InChI=1S/C17H25N3O7S/c1-9(13(23)25-16(2,3)4)27-20-11(12(21)22)10-8-28-14(18-10)19-15(24)26-17(5,6)7/h8-9H,1-7H3,(H,21,22)(H,18,19,24). The van der Waals surface area contributed by atoms with Crippen molar-refractivity contribution in [2.45, 2.75) is 65.8 Å². The van der Waals surface area contributed by atoms with E-state index in [1.54, 1.807) is 41.5 Å². The van der Waals surface area contributed by atoms with Gasteiger partial charge in [-0.05, 0) is 48.5 Å². The zero-order valence-corrected chi connectivity index (χ0v) is 17.7. The van der Waals surface area contributed by atoms with Crippen molar-refractivity contribution in [1.29, 1.82) is 0 Å². The number of amides is 1. The highest BCUT2D eigenvalue weighted by Gasteiger charge is 2.25. The molecule has 1 unspecified atom stereocenters. The maximum Gasteiger partial charge on any atom is 0.413 e. The van der Waals surface area contributed by atoms with Crippen LogP contribution in [-0.4, -0.2) is 51.1 Å². The molecule has 0 saturated heterocycles. The summed E-state index contributed by atoms with van der Waals surface area (Å²) in [4.78, 5) is 44.0. The molecule has 0 radical (unpaired) electrons. The van der Waals surface area contributed by atoms with Gasteiger partial charge in [-0.3, -0.25) is 5.32 Å². The van der Waals surface area contributed by atoms with Gasteiger partial charge in [-0.1, -0.05) is 5.16 Å². The summed E-state index contributed by atoms with van der Waals surface area (Å²) < 4.78 is 10.2. The lowest BCUT2D eigenvalue weighted by Gasteiger charge is -2.21. The molecule has 1 heterocycles. The average molecular weight is 415 g/mol. The number of carbonyl (C=O) groups excluding carboxylic acids is 2. The number of thiazole rings is 1. The first-order valence-corrected chi connectivity index (χ1v) is 9.22. The number of anilines is 1. The molecule has 11 heteroatoms. The number of hydrogen-bond donors (Lipinski definition) is 2. The van der Waals surface area contributed by atoms with Gasteiger partial charge >= 0.3 is 18.0 Å². The van der Waals surface area contributed by atoms with E-state index in [1.165, 1.54) is 12.3 Å².